The summed E-state index contributed by atoms with van der Waals surface area (Å²) in [6.07, 6.45) is 0. The molecule has 1 saturated heterocycles. The summed E-state index contributed by atoms with van der Waals surface area (Å²) in [5.74, 6) is 0. The van der Waals surface area contributed by atoms with E-state index in [1.807, 2.05) is 0 Å². The predicted molar refractivity (Wildman–Crippen MR) is 94.7 cm³/mol. The van der Waals surface area contributed by atoms with Crippen molar-refractivity contribution in [1.82, 2.24) is 4.90 Å². The molecule has 1 aliphatic rings. The van der Waals surface area contributed by atoms with Gasteiger partial charge in [0.15, 0.2) is 0 Å². The van der Waals surface area contributed by atoms with Crippen LogP contribution in [0.4, 0.5) is 0 Å². The normalized spacial score (nSPS) is 23.9. The third-order valence-corrected chi connectivity index (χ3v) is 6.35. The first-order valence-corrected chi connectivity index (χ1v) is 9.50. The first-order valence-electron chi connectivity index (χ1n) is 7.61. The Balaban J connectivity index is 1.95. The molecule has 1 heterocycles. The molecule has 1 nitrogen and oxygen atoms in total. The van der Waals surface area contributed by atoms with E-state index >= 15 is 0 Å². The summed E-state index contributed by atoms with van der Waals surface area (Å²) >= 11 is 4.33. The lowest BCUT2D eigenvalue weighted by Gasteiger charge is -2.21. The Kier molecular flexibility index (Phi) is 6.31. The van der Waals surface area contributed by atoms with E-state index in [1.54, 1.807) is 0 Å². The number of hydrogen-bond acceptors (Lipinski definition) is 3. The third-order valence-electron chi connectivity index (χ3n) is 3.43. The molecule has 3 heteroatoms. The highest BCUT2D eigenvalue weighted by Gasteiger charge is 2.34. The Morgan fingerprint density at radius 1 is 0.950 bits per heavy atom. The molecule has 0 aromatic heterocycles. The molecule has 0 bridgehead atoms. The zero-order valence-corrected chi connectivity index (χ0v) is 14.7. The SMILES string of the molecule is CC(C)S[C@@H]1CN(Cc2ccccc2)C[C@H]1SC(C)C. The van der Waals surface area contributed by atoms with Crippen LogP contribution in [0.5, 0.6) is 0 Å². The number of thioether (sulfide) groups is 2. The smallest absolute Gasteiger partial charge is 0.0309 e. The van der Waals surface area contributed by atoms with Gasteiger partial charge >= 0.3 is 0 Å². The van der Waals surface area contributed by atoms with Crippen molar-refractivity contribution in [2.75, 3.05) is 13.1 Å². The summed E-state index contributed by atoms with van der Waals surface area (Å²) in [7, 11) is 0. The second-order valence-corrected chi connectivity index (χ2v) is 9.77. The summed E-state index contributed by atoms with van der Waals surface area (Å²) in [4.78, 5) is 2.63. The molecular formula is C17H27NS2. The van der Waals surface area contributed by atoms with E-state index < -0.39 is 0 Å². The monoisotopic (exact) mass is 309 g/mol. The number of hydrogen-bond donors (Lipinski definition) is 0. The Hall–Kier alpha value is -0.120. The van der Waals surface area contributed by atoms with Crippen molar-refractivity contribution in [1.29, 1.82) is 0 Å². The second kappa shape index (κ2) is 7.77. The first kappa shape index (κ1) is 16.3. The minimum absolute atomic E-state index is 0.729. The predicted octanol–water partition coefficient (Wildman–Crippen LogP) is 4.52. The van der Waals surface area contributed by atoms with Crippen LogP contribution in [0.2, 0.25) is 0 Å². The quantitative estimate of drug-likeness (QED) is 0.760. The zero-order valence-electron chi connectivity index (χ0n) is 13.1. The van der Waals surface area contributed by atoms with Gasteiger partial charge in [0.25, 0.3) is 0 Å². The van der Waals surface area contributed by atoms with Crippen molar-refractivity contribution < 1.29 is 0 Å². The second-order valence-electron chi connectivity index (χ2n) is 6.13. The van der Waals surface area contributed by atoms with Crippen LogP contribution in [0, 0.1) is 0 Å². The molecule has 1 aromatic rings. The molecule has 0 spiro atoms. The Bertz CT molecular complexity index is 373. The van der Waals surface area contributed by atoms with Crippen molar-refractivity contribution in [2.24, 2.45) is 0 Å². The van der Waals surface area contributed by atoms with Crippen LogP contribution in [0.25, 0.3) is 0 Å². The highest BCUT2D eigenvalue weighted by atomic mass is 32.2. The fourth-order valence-electron chi connectivity index (χ4n) is 2.75. The third kappa shape index (κ3) is 5.01. The van der Waals surface area contributed by atoms with Gasteiger partial charge in [-0.3, -0.25) is 4.90 Å². The zero-order chi connectivity index (χ0) is 14.5. The molecule has 0 aliphatic carbocycles. The van der Waals surface area contributed by atoms with Gasteiger partial charge < -0.3 is 0 Å². The number of rotatable bonds is 6. The van der Waals surface area contributed by atoms with Gasteiger partial charge in [-0.05, 0) is 16.1 Å². The fraction of sp³-hybridized carbons (Fsp3) is 0.647. The molecule has 112 valence electrons. The fourth-order valence-corrected chi connectivity index (χ4v) is 5.65. The number of benzene rings is 1. The molecular weight excluding hydrogens is 282 g/mol. The summed E-state index contributed by atoms with van der Waals surface area (Å²) in [6.45, 7) is 12.9. The van der Waals surface area contributed by atoms with E-state index in [1.165, 1.54) is 18.7 Å². The molecule has 1 aliphatic heterocycles. The van der Waals surface area contributed by atoms with Gasteiger partial charge in [-0.25, -0.2) is 0 Å². The first-order chi connectivity index (χ1) is 9.54. The van der Waals surface area contributed by atoms with Gasteiger partial charge in [-0.2, -0.15) is 23.5 Å². The topological polar surface area (TPSA) is 3.24 Å². The molecule has 1 fully saturated rings. The van der Waals surface area contributed by atoms with Gasteiger partial charge in [-0.1, -0.05) is 58.0 Å². The maximum absolute atomic E-state index is 2.63. The van der Waals surface area contributed by atoms with E-state index in [0.29, 0.717) is 0 Å². The standard InChI is InChI=1S/C17H27NS2/c1-13(2)19-16-11-18(12-17(16)20-14(3)4)10-15-8-6-5-7-9-15/h5-9,13-14,16-17H,10-12H2,1-4H3/t16-,17-/m1/s1. The highest BCUT2D eigenvalue weighted by Crippen LogP contribution is 2.35. The highest BCUT2D eigenvalue weighted by molar-refractivity contribution is 8.04. The van der Waals surface area contributed by atoms with E-state index in [9.17, 15) is 0 Å². The molecule has 2 atom stereocenters. The van der Waals surface area contributed by atoms with Crippen LogP contribution in [0.15, 0.2) is 30.3 Å². The lowest BCUT2D eigenvalue weighted by atomic mass is 10.2. The van der Waals surface area contributed by atoms with Crippen LogP contribution in [-0.2, 0) is 6.54 Å². The largest absolute Gasteiger partial charge is 0.297 e. The Morgan fingerprint density at radius 3 is 1.90 bits per heavy atom. The lowest BCUT2D eigenvalue weighted by molar-refractivity contribution is 0.333. The van der Waals surface area contributed by atoms with Crippen molar-refractivity contribution in [2.45, 2.75) is 55.2 Å². The molecule has 0 N–H and O–H groups in total. The lowest BCUT2D eigenvalue weighted by Crippen LogP contribution is -2.21. The van der Waals surface area contributed by atoms with Crippen molar-refractivity contribution in [3.8, 4) is 0 Å². The van der Waals surface area contributed by atoms with E-state index in [0.717, 1.165) is 27.5 Å². The van der Waals surface area contributed by atoms with Crippen molar-refractivity contribution >= 4 is 23.5 Å². The summed E-state index contributed by atoms with van der Waals surface area (Å²) in [5.41, 5.74) is 1.44. The van der Waals surface area contributed by atoms with Gasteiger partial charge in [0.05, 0.1) is 0 Å². The van der Waals surface area contributed by atoms with Gasteiger partial charge in [0, 0.05) is 30.1 Å². The van der Waals surface area contributed by atoms with Crippen LogP contribution in [0.1, 0.15) is 33.3 Å². The van der Waals surface area contributed by atoms with Crippen LogP contribution in [0.3, 0.4) is 0 Å². The Labute approximate surface area is 132 Å². The van der Waals surface area contributed by atoms with Crippen molar-refractivity contribution in [3.63, 3.8) is 0 Å². The van der Waals surface area contributed by atoms with Crippen LogP contribution >= 0.6 is 23.5 Å². The van der Waals surface area contributed by atoms with Gasteiger partial charge in [0.1, 0.15) is 0 Å². The molecule has 0 saturated carbocycles. The molecule has 0 unspecified atom stereocenters. The van der Waals surface area contributed by atoms with E-state index in [2.05, 4.69) is 86.5 Å². The van der Waals surface area contributed by atoms with Crippen LogP contribution < -0.4 is 0 Å². The van der Waals surface area contributed by atoms with Crippen molar-refractivity contribution in [3.05, 3.63) is 35.9 Å². The van der Waals surface area contributed by atoms with Crippen LogP contribution in [-0.4, -0.2) is 39.0 Å². The average molecular weight is 310 g/mol. The minimum atomic E-state index is 0.729. The summed E-state index contributed by atoms with van der Waals surface area (Å²) < 4.78 is 0. The Morgan fingerprint density at radius 2 is 1.45 bits per heavy atom. The molecule has 2 rings (SSSR count). The number of likely N-dealkylation sites (tertiary alicyclic amines) is 1. The molecule has 0 radical (unpaired) electrons. The summed E-state index contributed by atoms with van der Waals surface area (Å²) in [6, 6.07) is 10.9. The average Bonchev–Trinajstić information content (AvgIpc) is 2.70. The van der Waals surface area contributed by atoms with Gasteiger partial charge in [0.2, 0.25) is 0 Å². The molecule has 0 amide bonds. The maximum Gasteiger partial charge on any atom is 0.0309 e. The van der Waals surface area contributed by atoms with Gasteiger partial charge in [-0.15, -0.1) is 0 Å². The molecule has 20 heavy (non-hydrogen) atoms. The summed E-state index contributed by atoms with van der Waals surface area (Å²) in [5, 5.41) is 3.02. The minimum Gasteiger partial charge on any atom is -0.297 e. The molecule has 1 aromatic carbocycles. The van der Waals surface area contributed by atoms with E-state index in [4.69, 9.17) is 0 Å². The van der Waals surface area contributed by atoms with E-state index in [-0.39, 0.29) is 0 Å². The maximum atomic E-state index is 2.63. The number of nitrogens with zero attached hydrogens (tertiary/aromatic N) is 1.